The number of rotatable bonds is 5. The summed E-state index contributed by atoms with van der Waals surface area (Å²) in [5.41, 5.74) is 11.3. The predicted molar refractivity (Wildman–Crippen MR) is 84.6 cm³/mol. The van der Waals surface area contributed by atoms with Crippen molar-refractivity contribution in [3.05, 3.63) is 53.3 Å². The number of carbonyl (C=O) groups excluding carboxylic acids is 2. The van der Waals surface area contributed by atoms with Gasteiger partial charge in [0.25, 0.3) is 0 Å². The standard InChI is InChI=1S/C17H17FN2O3/c1-9(2)23-14-7-6-10(18)8-13(14)15-11(16(19)21)4-3-5-12(15)17(20)22/h3-9H,1-2H3,(H2,19,21)(H2,20,22). The molecule has 0 bridgehead atoms. The van der Waals surface area contributed by atoms with Gasteiger partial charge in [-0.2, -0.15) is 0 Å². The molecule has 0 aliphatic carbocycles. The predicted octanol–water partition coefficient (Wildman–Crippen LogP) is 2.48. The molecule has 0 saturated carbocycles. The molecule has 5 nitrogen and oxygen atoms in total. The summed E-state index contributed by atoms with van der Waals surface area (Å²) in [6.07, 6.45) is -0.183. The molecule has 0 fully saturated rings. The van der Waals surface area contributed by atoms with Crippen LogP contribution < -0.4 is 16.2 Å². The molecule has 23 heavy (non-hydrogen) atoms. The molecule has 2 aromatic carbocycles. The van der Waals surface area contributed by atoms with E-state index in [0.717, 1.165) is 0 Å². The van der Waals surface area contributed by atoms with Crippen molar-refractivity contribution in [3.8, 4) is 16.9 Å². The molecule has 0 spiro atoms. The van der Waals surface area contributed by atoms with E-state index in [0.29, 0.717) is 5.75 Å². The normalized spacial score (nSPS) is 10.6. The highest BCUT2D eigenvalue weighted by atomic mass is 19.1. The van der Waals surface area contributed by atoms with Crippen LogP contribution in [0.3, 0.4) is 0 Å². The maximum absolute atomic E-state index is 13.7. The summed E-state index contributed by atoms with van der Waals surface area (Å²) < 4.78 is 19.4. The van der Waals surface area contributed by atoms with Gasteiger partial charge >= 0.3 is 0 Å². The van der Waals surface area contributed by atoms with Crippen LogP contribution in [0.5, 0.6) is 5.75 Å². The monoisotopic (exact) mass is 316 g/mol. The first kappa shape index (κ1) is 16.5. The SMILES string of the molecule is CC(C)Oc1ccc(F)cc1-c1c(C(N)=O)cccc1C(N)=O. The average molecular weight is 316 g/mol. The lowest BCUT2D eigenvalue weighted by atomic mass is 9.92. The van der Waals surface area contributed by atoms with E-state index in [2.05, 4.69) is 0 Å². The number of halogens is 1. The molecular weight excluding hydrogens is 299 g/mol. The number of primary amides is 2. The van der Waals surface area contributed by atoms with Crippen LogP contribution in [0.15, 0.2) is 36.4 Å². The van der Waals surface area contributed by atoms with Crippen LogP contribution in [0.1, 0.15) is 34.6 Å². The largest absolute Gasteiger partial charge is 0.490 e. The van der Waals surface area contributed by atoms with Gasteiger partial charge in [-0.3, -0.25) is 9.59 Å². The first-order valence-electron chi connectivity index (χ1n) is 7.00. The Hall–Kier alpha value is -2.89. The molecule has 0 saturated heterocycles. The number of amides is 2. The van der Waals surface area contributed by atoms with Crippen molar-refractivity contribution < 1.29 is 18.7 Å². The van der Waals surface area contributed by atoms with Crippen LogP contribution in [-0.2, 0) is 0 Å². The number of hydrogen-bond acceptors (Lipinski definition) is 3. The number of nitrogens with two attached hydrogens (primary N) is 2. The summed E-state index contributed by atoms with van der Waals surface area (Å²) in [4.78, 5) is 23.4. The zero-order valence-electron chi connectivity index (χ0n) is 12.8. The van der Waals surface area contributed by atoms with Crippen LogP contribution in [0.25, 0.3) is 11.1 Å². The van der Waals surface area contributed by atoms with E-state index in [4.69, 9.17) is 16.2 Å². The average Bonchev–Trinajstić information content (AvgIpc) is 2.47. The molecule has 0 heterocycles. The van der Waals surface area contributed by atoms with E-state index in [1.165, 1.54) is 36.4 Å². The lowest BCUT2D eigenvalue weighted by molar-refractivity contribution is 0.0999. The van der Waals surface area contributed by atoms with Crippen LogP contribution >= 0.6 is 0 Å². The molecule has 2 aromatic rings. The summed E-state index contributed by atoms with van der Waals surface area (Å²) in [5, 5.41) is 0. The molecular formula is C17H17FN2O3. The van der Waals surface area contributed by atoms with Gasteiger partial charge in [0.2, 0.25) is 11.8 Å². The Balaban J connectivity index is 2.82. The molecule has 0 aliphatic heterocycles. The van der Waals surface area contributed by atoms with E-state index in [-0.39, 0.29) is 28.4 Å². The molecule has 6 heteroatoms. The quantitative estimate of drug-likeness (QED) is 0.887. The van der Waals surface area contributed by atoms with Gasteiger partial charge < -0.3 is 16.2 Å². The van der Waals surface area contributed by atoms with Gasteiger partial charge in [0, 0.05) is 22.3 Å². The number of ether oxygens (including phenoxy) is 1. The van der Waals surface area contributed by atoms with Gasteiger partial charge in [-0.1, -0.05) is 6.07 Å². The van der Waals surface area contributed by atoms with Gasteiger partial charge in [-0.15, -0.1) is 0 Å². The van der Waals surface area contributed by atoms with E-state index < -0.39 is 17.6 Å². The van der Waals surface area contributed by atoms with E-state index in [1.54, 1.807) is 0 Å². The van der Waals surface area contributed by atoms with E-state index in [9.17, 15) is 14.0 Å². The maximum Gasteiger partial charge on any atom is 0.249 e. The fraction of sp³-hybridized carbons (Fsp3) is 0.176. The Kier molecular flexibility index (Phi) is 4.64. The smallest absolute Gasteiger partial charge is 0.249 e. The van der Waals surface area contributed by atoms with Crippen molar-refractivity contribution in [1.29, 1.82) is 0 Å². The summed E-state index contributed by atoms with van der Waals surface area (Å²) in [6, 6.07) is 8.26. The van der Waals surface area contributed by atoms with Gasteiger partial charge in [0.15, 0.2) is 0 Å². The lowest BCUT2D eigenvalue weighted by Crippen LogP contribution is -2.18. The Morgan fingerprint density at radius 1 is 1.04 bits per heavy atom. The molecule has 2 rings (SSSR count). The molecule has 0 unspecified atom stereocenters. The third kappa shape index (κ3) is 3.48. The molecule has 0 aliphatic rings. The van der Waals surface area contributed by atoms with Crippen LogP contribution in [0, 0.1) is 5.82 Å². The Morgan fingerprint density at radius 2 is 1.61 bits per heavy atom. The molecule has 0 radical (unpaired) electrons. The van der Waals surface area contributed by atoms with Crippen molar-refractivity contribution in [1.82, 2.24) is 0 Å². The van der Waals surface area contributed by atoms with Crippen LogP contribution in [0.4, 0.5) is 4.39 Å². The minimum Gasteiger partial charge on any atom is -0.490 e. The zero-order chi connectivity index (χ0) is 17.1. The summed E-state index contributed by atoms with van der Waals surface area (Å²) in [6.45, 7) is 3.62. The fourth-order valence-corrected chi connectivity index (χ4v) is 2.31. The Morgan fingerprint density at radius 3 is 2.09 bits per heavy atom. The molecule has 120 valence electrons. The third-order valence-corrected chi connectivity index (χ3v) is 3.17. The minimum atomic E-state index is -0.747. The van der Waals surface area contributed by atoms with Gasteiger partial charge in [-0.25, -0.2) is 4.39 Å². The topological polar surface area (TPSA) is 95.4 Å². The minimum absolute atomic E-state index is 0.0699. The molecule has 4 N–H and O–H groups in total. The number of benzene rings is 2. The van der Waals surface area contributed by atoms with E-state index >= 15 is 0 Å². The molecule has 0 atom stereocenters. The zero-order valence-corrected chi connectivity index (χ0v) is 12.8. The van der Waals surface area contributed by atoms with Gasteiger partial charge in [0.1, 0.15) is 11.6 Å². The second kappa shape index (κ2) is 6.48. The lowest BCUT2D eigenvalue weighted by Gasteiger charge is -2.17. The van der Waals surface area contributed by atoms with Crippen molar-refractivity contribution in [2.24, 2.45) is 11.5 Å². The van der Waals surface area contributed by atoms with Gasteiger partial charge in [-0.05, 0) is 44.2 Å². The van der Waals surface area contributed by atoms with Crippen LogP contribution in [0.2, 0.25) is 0 Å². The second-order valence-corrected chi connectivity index (χ2v) is 5.26. The Labute approximate surface area is 133 Å². The second-order valence-electron chi connectivity index (χ2n) is 5.26. The van der Waals surface area contributed by atoms with Crippen molar-refractivity contribution in [2.75, 3.05) is 0 Å². The highest BCUT2D eigenvalue weighted by Crippen LogP contribution is 2.36. The molecule has 0 aromatic heterocycles. The first-order chi connectivity index (χ1) is 10.8. The summed E-state index contributed by atoms with van der Waals surface area (Å²) in [7, 11) is 0. The van der Waals surface area contributed by atoms with Crippen LogP contribution in [-0.4, -0.2) is 17.9 Å². The first-order valence-corrected chi connectivity index (χ1v) is 7.00. The van der Waals surface area contributed by atoms with Crippen molar-refractivity contribution in [2.45, 2.75) is 20.0 Å². The fourth-order valence-electron chi connectivity index (χ4n) is 2.31. The highest BCUT2D eigenvalue weighted by molar-refractivity contribution is 6.08. The highest BCUT2D eigenvalue weighted by Gasteiger charge is 2.21. The van der Waals surface area contributed by atoms with Crippen molar-refractivity contribution in [3.63, 3.8) is 0 Å². The third-order valence-electron chi connectivity index (χ3n) is 3.17. The summed E-state index contributed by atoms with van der Waals surface area (Å²) >= 11 is 0. The molecule has 2 amide bonds. The van der Waals surface area contributed by atoms with Gasteiger partial charge in [0.05, 0.1) is 6.10 Å². The maximum atomic E-state index is 13.7. The van der Waals surface area contributed by atoms with Crippen molar-refractivity contribution >= 4 is 11.8 Å². The summed E-state index contributed by atoms with van der Waals surface area (Å²) in [5.74, 6) is -1.70. The number of hydrogen-bond donors (Lipinski definition) is 2. The number of carbonyl (C=O) groups is 2. The Bertz CT molecular complexity index is 740. The van der Waals surface area contributed by atoms with E-state index in [1.807, 2.05) is 13.8 Å².